The minimum atomic E-state index is -3.85. The molecule has 0 bridgehead atoms. The number of nitrogens with one attached hydrogen (secondary N) is 3. The van der Waals surface area contributed by atoms with Gasteiger partial charge in [-0.05, 0) is 59.9 Å². The summed E-state index contributed by atoms with van der Waals surface area (Å²) in [5, 5.41) is 14.9. The first-order valence-electron chi connectivity index (χ1n) is 11.1. The Morgan fingerprint density at radius 1 is 1.06 bits per heavy atom. The Balaban J connectivity index is 1.66. The summed E-state index contributed by atoms with van der Waals surface area (Å²) in [7, 11) is -3.85. The zero-order valence-corrected chi connectivity index (χ0v) is 21.0. The Kier molecular flexibility index (Phi) is 7.77. The van der Waals surface area contributed by atoms with Crippen LogP contribution in [-0.2, 0) is 15.4 Å². The van der Waals surface area contributed by atoms with Crippen molar-refractivity contribution in [1.82, 2.24) is 10.3 Å². The molecule has 9 heteroatoms. The van der Waals surface area contributed by atoms with Crippen molar-refractivity contribution in [1.29, 1.82) is 5.26 Å². The normalized spacial score (nSPS) is 11.4. The van der Waals surface area contributed by atoms with E-state index >= 15 is 0 Å². The van der Waals surface area contributed by atoms with E-state index in [1.807, 2.05) is 26.8 Å². The van der Waals surface area contributed by atoms with Gasteiger partial charge in [0.05, 0.1) is 10.5 Å². The van der Waals surface area contributed by atoms with Gasteiger partial charge in [-0.3, -0.25) is 9.52 Å². The highest BCUT2D eigenvalue weighted by Crippen LogP contribution is 2.28. The first-order valence-corrected chi connectivity index (χ1v) is 12.6. The summed E-state index contributed by atoms with van der Waals surface area (Å²) < 4.78 is 28.9. The van der Waals surface area contributed by atoms with Crippen LogP contribution in [0.3, 0.4) is 0 Å². The van der Waals surface area contributed by atoms with Crippen LogP contribution in [0, 0.1) is 18.3 Å². The van der Waals surface area contributed by atoms with Gasteiger partial charge in [-0.2, -0.15) is 5.26 Å². The van der Waals surface area contributed by atoms with E-state index in [-0.39, 0.29) is 22.8 Å². The summed E-state index contributed by atoms with van der Waals surface area (Å²) in [5.41, 5.74) is 2.39. The molecule has 3 rings (SSSR count). The third kappa shape index (κ3) is 6.58. The highest BCUT2D eigenvalue weighted by Gasteiger charge is 2.22. The largest absolute Gasteiger partial charge is 0.367 e. The molecule has 1 amide bonds. The number of benzene rings is 2. The van der Waals surface area contributed by atoms with Crippen molar-refractivity contribution in [2.24, 2.45) is 0 Å². The molecule has 0 aliphatic rings. The highest BCUT2D eigenvalue weighted by molar-refractivity contribution is 7.92. The van der Waals surface area contributed by atoms with Crippen molar-refractivity contribution in [3.8, 4) is 6.07 Å². The average Bonchev–Trinajstić information content (AvgIpc) is 2.81. The number of nitrogens with zero attached hydrogens (tertiary/aromatic N) is 2. The Morgan fingerprint density at radius 2 is 1.83 bits per heavy atom. The van der Waals surface area contributed by atoms with Crippen molar-refractivity contribution in [3.63, 3.8) is 0 Å². The zero-order valence-electron chi connectivity index (χ0n) is 20.2. The van der Waals surface area contributed by atoms with Crippen molar-refractivity contribution in [3.05, 3.63) is 83.0 Å². The van der Waals surface area contributed by atoms with Gasteiger partial charge in [-0.15, -0.1) is 0 Å². The van der Waals surface area contributed by atoms with E-state index < -0.39 is 10.0 Å². The summed E-state index contributed by atoms with van der Waals surface area (Å²) in [5.74, 6) is 0.103. The lowest BCUT2D eigenvalue weighted by atomic mass is 9.87. The second-order valence-electron chi connectivity index (χ2n) is 9.11. The number of carbonyl (C=O) groups is 1. The molecular weight excluding hydrogens is 462 g/mol. The molecule has 0 fully saturated rings. The predicted octanol–water partition coefficient (Wildman–Crippen LogP) is 4.20. The van der Waals surface area contributed by atoms with Gasteiger partial charge in [0.1, 0.15) is 11.9 Å². The summed E-state index contributed by atoms with van der Waals surface area (Å²) in [4.78, 5) is 16.9. The molecule has 0 atom stereocenters. The number of nitriles is 1. The van der Waals surface area contributed by atoms with Gasteiger partial charge < -0.3 is 10.6 Å². The van der Waals surface area contributed by atoms with Gasteiger partial charge in [0.15, 0.2) is 0 Å². The van der Waals surface area contributed by atoms with E-state index in [1.54, 1.807) is 55.6 Å². The molecule has 35 heavy (non-hydrogen) atoms. The molecule has 0 radical (unpaired) electrons. The first-order chi connectivity index (χ1) is 16.5. The molecule has 2 aromatic carbocycles. The molecule has 0 saturated heterocycles. The third-order valence-corrected chi connectivity index (χ3v) is 6.88. The quantitative estimate of drug-likeness (QED) is 0.406. The molecular formula is C26H29N5O3S. The molecule has 0 saturated carbocycles. The van der Waals surface area contributed by atoms with E-state index in [4.69, 9.17) is 5.26 Å². The predicted molar refractivity (Wildman–Crippen MR) is 137 cm³/mol. The molecule has 0 aliphatic heterocycles. The maximum absolute atomic E-state index is 13.1. The van der Waals surface area contributed by atoms with Crippen LogP contribution >= 0.6 is 0 Å². The first kappa shape index (κ1) is 25.7. The van der Waals surface area contributed by atoms with Crippen molar-refractivity contribution in [2.75, 3.05) is 23.1 Å². The number of anilines is 2. The van der Waals surface area contributed by atoms with Gasteiger partial charge in [0.25, 0.3) is 15.9 Å². The van der Waals surface area contributed by atoms with Gasteiger partial charge in [-0.25, -0.2) is 13.4 Å². The molecule has 0 aliphatic carbocycles. The molecule has 0 unspecified atom stereocenters. The van der Waals surface area contributed by atoms with Gasteiger partial charge in [0, 0.05) is 30.5 Å². The van der Waals surface area contributed by atoms with Crippen LogP contribution in [0.15, 0.2) is 65.7 Å². The van der Waals surface area contributed by atoms with Crippen LogP contribution < -0.4 is 15.4 Å². The smallest absolute Gasteiger partial charge is 0.262 e. The van der Waals surface area contributed by atoms with Crippen LogP contribution in [0.1, 0.15) is 47.8 Å². The van der Waals surface area contributed by atoms with Crippen LogP contribution in [0.5, 0.6) is 0 Å². The van der Waals surface area contributed by atoms with E-state index in [1.165, 1.54) is 6.07 Å². The number of hydrogen-bond acceptors (Lipinski definition) is 6. The number of aryl methyl sites for hydroxylation is 1. The van der Waals surface area contributed by atoms with E-state index in [2.05, 4.69) is 26.4 Å². The second-order valence-corrected chi connectivity index (χ2v) is 10.8. The van der Waals surface area contributed by atoms with Crippen LogP contribution in [0.4, 0.5) is 11.5 Å². The topological polar surface area (TPSA) is 124 Å². The Bertz CT molecular complexity index is 1370. The third-order valence-electron chi connectivity index (χ3n) is 5.35. The summed E-state index contributed by atoms with van der Waals surface area (Å²) in [6.45, 7) is 8.49. The van der Waals surface area contributed by atoms with E-state index in [0.717, 1.165) is 5.56 Å². The lowest BCUT2D eigenvalue weighted by Crippen LogP contribution is -2.29. The average molecular weight is 492 g/mol. The molecule has 3 N–H and O–H groups in total. The lowest BCUT2D eigenvalue weighted by molar-refractivity contribution is 0.0955. The lowest BCUT2D eigenvalue weighted by Gasteiger charge is -2.21. The molecule has 1 heterocycles. The minimum absolute atomic E-state index is 0.197. The van der Waals surface area contributed by atoms with Crippen LogP contribution in [0.25, 0.3) is 0 Å². The Labute approximate surface area is 206 Å². The number of hydrogen-bond donors (Lipinski definition) is 3. The van der Waals surface area contributed by atoms with E-state index in [0.29, 0.717) is 34.7 Å². The van der Waals surface area contributed by atoms with Crippen LogP contribution in [0.2, 0.25) is 0 Å². The number of pyridine rings is 1. The molecule has 8 nitrogen and oxygen atoms in total. The minimum Gasteiger partial charge on any atom is -0.367 e. The number of rotatable bonds is 8. The summed E-state index contributed by atoms with van der Waals surface area (Å²) in [6.07, 6.45) is 1.58. The monoisotopic (exact) mass is 491 g/mol. The van der Waals surface area contributed by atoms with E-state index in [9.17, 15) is 13.2 Å². The van der Waals surface area contributed by atoms with Crippen molar-refractivity contribution in [2.45, 2.75) is 38.0 Å². The molecule has 182 valence electrons. The molecule has 0 spiro atoms. The van der Waals surface area contributed by atoms with Gasteiger partial charge in [-0.1, -0.05) is 39.0 Å². The summed E-state index contributed by atoms with van der Waals surface area (Å²) in [6, 6.07) is 17.1. The molecule has 1 aromatic heterocycles. The number of sulfonamides is 1. The zero-order chi connectivity index (χ0) is 25.6. The standard InChI is InChI=1S/C26H29N5O3S/c1-18-10-11-21(26(2,3)4)16-23(18)35(33,34)31-22-9-5-7-19(15-22)25(32)30-14-13-29-24-20(17-27)8-6-12-28-24/h5-12,15-16,31H,13-14H2,1-4H3,(H,28,29)(H,30,32). The number of aromatic nitrogens is 1. The van der Waals surface area contributed by atoms with Crippen LogP contribution in [-0.4, -0.2) is 32.4 Å². The Morgan fingerprint density at radius 3 is 2.54 bits per heavy atom. The Hall–Kier alpha value is -3.90. The van der Waals surface area contributed by atoms with Crippen molar-refractivity contribution >= 4 is 27.4 Å². The number of carbonyl (C=O) groups excluding carboxylic acids is 1. The highest BCUT2D eigenvalue weighted by atomic mass is 32.2. The summed E-state index contributed by atoms with van der Waals surface area (Å²) >= 11 is 0. The fourth-order valence-corrected chi connectivity index (χ4v) is 4.71. The SMILES string of the molecule is Cc1ccc(C(C)(C)C)cc1S(=O)(=O)Nc1cccc(C(=O)NCCNc2ncccc2C#N)c1. The number of amides is 1. The maximum Gasteiger partial charge on any atom is 0.262 e. The fraction of sp³-hybridized carbons (Fsp3) is 0.269. The molecule has 3 aromatic rings. The van der Waals surface area contributed by atoms with Gasteiger partial charge >= 0.3 is 0 Å². The van der Waals surface area contributed by atoms with Gasteiger partial charge in [0.2, 0.25) is 0 Å². The maximum atomic E-state index is 13.1. The fourth-order valence-electron chi connectivity index (χ4n) is 3.39. The second kappa shape index (κ2) is 10.6. The van der Waals surface area contributed by atoms with Crippen molar-refractivity contribution < 1.29 is 13.2 Å².